The Labute approximate surface area is 105 Å². The van der Waals surface area contributed by atoms with Gasteiger partial charge in [-0.25, -0.2) is 4.79 Å². The van der Waals surface area contributed by atoms with E-state index in [1.54, 1.807) is 6.07 Å². The lowest BCUT2D eigenvalue weighted by Gasteiger charge is -2.17. The Kier molecular flexibility index (Phi) is 2.98. The SMILES string of the molecule is CC(C)(C)CNc1nc2ccc(C(=O)O)cc2o1. The molecule has 0 saturated heterocycles. The van der Waals surface area contributed by atoms with Gasteiger partial charge in [0, 0.05) is 6.54 Å². The van der Waals surface area contributed by atoms with Gasteiger partial charge in [-0.05, 0) is 23.6 Å². The van der Waals surface area contributed by atoms with Crippen LogP contribution in [-0.4, -0.2) is 22.6 Å². The van der Waals surface area contributed by atoms with Gasteiger partial charge in [0.15, 0.2) is 5.58 Å². The van der Waals surface area contributed by atoms with E-state index in [9.17, 15) is 4.79 Å². The number of hydrogen-bond acceptors (Lipinski definition) is 4. The highest BCUT2D eigenvalue weighted by molar-refractivity contribution is 5.92. The Balaban J connectivity index is 2.24. The number of oxazole rings is 1. The molecule has 1 aromatic carbocycles. The van der Waals surface area contributed by atoms with Crippen LogP contribution in [0.25, 0.3) is 11.1 Å². The molecule has 0 aliphatic carbocycles. The topological polar surface area (TPSA) is 75.4 Å². The number of hydrogen-bond donors (Lipinski definition) is 2. The van der Waals surface area contributed by atoms with E-state index in [0.717, 1.165) is 6.54 Å². The molecule has 0 bridgehead atoms. The number of carbonyl (C=O) groups is 1. The van der Waals surface area contributed by atoms with Crippen LogP contribution in [0, 0.1) is 5.41 Å². The van der Waals surface area contributed by atoms with Crippen molar-refractivity contribution in [3.63, 3.8) is 0 Å². The number of anilines is 1. The highest BCUT2D eigenvalue weighted by Gasteiger charge is 2.13. The molecule has 1 aromatic heterocycles. The summed E-state index contributed by atoms with van der Waals surface area (Å²) in [5, 5.41) is 12.0. The molecule has 5 heteroatoms. The van der Waals surface area contributed by atoms with E-state index in [0.29, 0.717) is 17.1 Å². The van der Waals surface area contributed by atoms with E-state index < -0.39 is 5.97 Å². The van der Waals surface area contributed by atoms with Gasteiger partial charge >= 0.3 is 5.97 Å². The highest BCUT2D eigenvalue weighted by atomic mass is 16.4. The molecule has 0 fully saturated rings. The zero-order valence-corrected chi connectivity index (χ0v) is 10.7. The quantitative estimate of drug-likeness (QED) is 0.873. The van der Waals surface area contributed by atoms with Crippen LogP contribution in [0.1, 0.15) is 31.1 Å². The first-order valence-electron chi connectivity index (χ1n) is 5.73. The summed E-state index contributed by atoms with van der Waals surface area (Å²) in [7, 11) is 0. The van der Waals surface area contributed by atoms with Crippen LogP contribution in [0.3, 0.4) is 0 Å². The summed E-state index contributed by atoms with van der Waals surface area (Å²) in [5.41, 5.74) is 1.44. The van der Waals surface area contributed by atoms with E-state index in [-0.39, 0.29) is 11.0 Å². The van der Waals surface area contributed by atoms with Gasteiger partial charge < -0.3 is 14.8 Å². The number of carboxylic acids is 1. The minimum Gasteiger partial charge on any atom is -0.478 e. The Morgan fingerprint density at radius 3 is 2.78 bits per heavy atom. The molecule has 5 nitrogen and oxygen atoms in total. The third-order valence-electron chi connectivity index (χ3n) is 2.41. The smallest absolute Gasteiger partial charge is 0.335 e. The minimum absolute atomic E-state index is 0.118. The van der Waals surface area contributed by atoms with Gasteiger partial charge in [-0.15, -0.1) is 0 Å². The van der Waals surface area contributed by atoms with Crippen molar-refractivity contribution in [3.8, 4) is 0 Å². The maximum Gasteiger partial charge on any atom is 0.335 e. The van der Waals surface area contributed by atoms with Gasteiger partial charge in [0.2, 0.25) is 0 Å². The Morgan fingerprint density at radius 2 is 2.17 bits per heavy atom. The summed E-state index contributed by atoms with van der Waals surface area (Å²) >= 11 is 0. The van der Waals surface area contributed by atoms with E-state index >= 15 is 0 Å². The van der Waals surface area contributed by atoms with Crippen molar-refractivity contribution in [1.82, 2.24) is 4.98 Å². The molecule has 1 heterocycles. The molecule has 0 saturated carbocycles. The predicted octanol–water partition coefficient (Wildman–Crippen LogP) is 2.98. The summed E-state index contributed by atoms with van der Waals surface area (Å²) in [4.78, 5) is 15.1. The first kappa shape index (κ1) is 12.4. The van der Waals surface area contributed by atoms with Gasteiger partial charge in [-0.1, -0.05) is 20.8 Å². The monoisotopic (exact) mass is 248 g/mol. The van der Waals surface area contributed by atoms with Gasteiger partial charge in [-0.3, -0.25) is 0 Å². The second kappa shape index (κ2) is 4.33. The summed E-state index contributed by atoms with van der Waals surface area (Å²) in [5.74, 6) is -0.975. The average molecular weight is 248 g/mol. The lowest BCUT2D eigenvalue weighted by Crippen LogP contribution is -2.19. The molecular formula is C13H16N2O3. The van der Waals surface area contributed by atoms with Crippen molar-refractivity contribution in [2.45, 2.75) is 20.8 Å². The number of rotatable bonds is 3. The zero-order valence-electron chi connectivity index (χ0n) is 10.7. The van der Waals surface area contributed by atoms with Gasteiger partial charge in [0.1, 0.15) is 5.52 Å². The molecule has 96 valence electrons. The maximum absolute atomic E-state index is 10.8. The molecule has 0 spiro atoms. The van der Waals surface area contributed by atoms with E-state index in [1.807, 2.05) is 0 Å². The fourth-order valence-electron chi connectivity index (χ4n) is 1.47. The van der Waals surface area contributed by atoms with Crippen LogP contribution in [0.15, 0.2) is 22.6 Å². The number of nitrogens with zero attached hydrogens (tertiary/aromatic N) is 1. The number of benzene rings is 1. The van der Waals surface area contributed by atoms with Gasteiger partial charge in [-0.2, -0.15) is 4.98 Å². The predicted molar refractivity (Wildman–Crippen MR) is 68.9 cm³/mol. The van der Waals surface area contributed by atoms with Crippen molar-refractivity contribution in [3.05, 3.63) is 23.8 Å². The summed E-state index contributed by atoms with van der Waals surface area (Å²) in [6.45, 7) is 7.03. The fraction of sp³-hybridized carbons (Fsp3) is 0.385. The van der Waals surface area contributed by atoms with E-state index in [4.69, 9.17) is 9.52 Å². The standard InChI is InChI=1S/C13H16N2O3/c1-13(2,3)7-14-12-15-9-5-4-8(11(16)17)6-10(9)18-12/h4-6H,7H2,1-3H3,(H,14,15)(H,16,17). The first-order chi connectivity index (χ1) is 8.35. The van der Waals surface area contributed by atoms with Crippen LogP contribution < -0.4 is 5.32 Å². The molecule has 0 unspecified atom stereocenters. The highest BCUT2D eigenvalue weighted by Crippen LogP contribution is 2.21. The number of carboxylic acid groups (broad SMARTS) is 1. The summed E-state index contributed by atoms with van der Waals surface area (Å²) in [6.07, 6.45) is 0. The Morgan fingerprint density at radius 1 is 1.44 bits per heavy atom. The third kappa shape index (κ3) is 2.80. The van der Waals surface area contributed by atoms with E-state index in [2.05, 4.69) is 31.1 Å². The van der Waals surface area contributed by atoms with Crippen molar-refractivity contribution in [2.75, 3.05) is 11.9 Å². The van der Waals surface area contributed by atoms with Crippen LogP contribution in [-0.2, 0) is 0 Å². The first-order valence-corrected chi connectivity index (χ1v) is 5.73. The largest absolute Gasteiger partial charge is 0.478 e. The summed E-state index contributed by atoms with van der Waals surface area (Å²) in [6, 6.07) is 5.06. The van der Waals surface area contributed by atoms with Crippen LogP contribution >= 0.6 is 0 Å². The number of aromatic carboxylic acids is 1. The van der Waals surface area contributed by atoms with Crippen molar-refractivity contribution in [2.24, 2.45) is 5.41 Å². The second-order valence-electron chi connectivity index (χ2n) is 5.42. The molecule has 0 aliphatic rings. The van der Waals surface area contributed by atoms with Gasteiger partial charge in [0.05, 0.1) is 5.56 Å². The van der Waals surface area contributed by atoms with Crippen LogP contribution in [0.4, 0.5) is 6.01 Å². The molecule has 0 atom stereocenters. The lowest BCUT2D eigenvalue weighted by molar-refractivity contribution is 0.0697. The van der Waals surface area contributed by atoms with Crippen molar-refractivity contribution in [1.29, 1.82) is 0 Å². The van der Waals surface area contributed by atoms with Crippen LogP contribution in [0.2, 0.25) is 0 Å². The number of aromatic nitrogens is 1. The number of fused-ring (bicyclic) bond motifs is 1. The second-order valence-corrected chi connectivity index (χ2v) is 5.42. The maximum atomic E-state index is 10.8. The number of nitrogens with one attached hydrogen (secondary N) is 1. The normalized spacial score (nSPS) is 11.7. The van der Waals surface area contributed by atoms with E-state index in [1.165, 1.54) is 12.1 Å². The molecule has 2 rings (SSSR count). The molecule has 18 heavy (non-hydrogen) atoms. The zero-order chi connectivity index (χ0) is 13.3. The molecule has 2 N–H and O–H groups in total. The Bertz CT molecular complexity index is 581. The van der Waals surface area contributed by atoms with Crippen molar-refractivity contribution < 1.29 is 14.3 Å². The molecule has 0 amide bonds. The molecule has 2 aromatic rings. The molecular weight excluding hydrogens is 232 g/mol. The summed E-state index contributed by atoms with van der Waals surface area (Å²) < 4.78 is 5.47. The Hall–Kier alpha value is -2.04. The molecule has 0 aliphatic heterocycles. The fourth-order valence-corrected chi connectivity index (χ4v) is 1.47. The lowest BCUT2D eigenvalue weighted by atomic mass is 9.97. The van der Waals surface area contributed by atoms with Gasteiger partial charge in [0.25, 0.3) is 6.01 Å². The average Bonchev–Trinajstić information content (AvgIpc) is 2.66. The van der Waals surface area contributed by atoms with Crippen LogP contribution in [0.5, 0.6) is 0 Å². The van der Waals surface area contributed by atoms with Crippen molar-refractivity contribution >= 4 is 23.1 Å². The third-order valence-corrected chi connectivity index (χ3v) is 2.41. The minimum atomic E-state index is -0.975. The molecule has 0 radical (unpaired) electrons.